The van der Waals surface area contributed by atoms with E-state index in [9.17, 15) is 14.4 Å². The Morgan fingerprint density at radius 1 is 1.00 bits per heavy atom. The standard InChI is InChI=1S/C27H31N3O6/c1-19-24(26(32)27(28)33)25-21(30(19)11-10-20-6-3-2-4-7-20)8-5-9-22(25)36-18-23(31)35-17-14-29-12-15-34-16-13-29/h2-9H,10-18H2,1H3,(H2,28,33). The minimum atomic E-state index is -1.04. The molecule has 2 aromatic carbocycles. The number of aryl methyl sites for hydroxylation is 2. The van der Waals surface area contributed by atoms with Crippen molar-refractivity contribution in [1.29, 1.82) is 0 Å². The number of morpholine rings is 1. The van der Waals surface area contributed by atoms with E-state index in [1.165, 1.54) is 0 Å². The summed E-state index contributed by atoms with van der Waals surface area (Å²) in [6.07, 6.45) is 0.732. The first-order valence-electron chi connectivity index (χ1n) is 12.0. The summed E-state index contributed by atoms with van der Waals surface area (Å²) in [4.78, 5) is 39.1. The summed E-state index contributed by atoms with van der Waals surface area (Å²) >= 11 is 0. The Bertz CT molecular complexity index is 1230. The fraction of sp³-hybridized carbons (Fsp3) is 0.370. The normalized spacial score (nSPS) is 14.0. The monoisotopic (exact) mass is 493 g/mol. The average molecular weight is 494 g/mol. The third-order valence-electron chi connectivity index (χ3n) is 6.35. The molecule has 2 heterocycles. The second-order valence-corrected chi connectivity index (χ2v) is 8.65. The summed E-state index contributed by atoms with van der Waals surface area (Å²) in [6.45, 7) is 5.92. The number of nitrogens with zero attached hydrogens (tertiary/aromatic N) is 2. The van der Waals surface area contributed by atoms with Gasteiger partial charge in [-0.25, -0.2) is 4.79 Å². The molecule has 4 rings (SSSR count). The van der Waals surface area contributed by atoms with Crippen LogP contribution in [0.4, 0.5) is 0 Å². The third-order valence-corrected chi connectivity index (χ3v) is 6.35. The molecule has 1 aliphatic heterocycles. The van der Waals surface area contributed by atoms with Gasteiger partial charge in [0.2, 0.25) is 0 Å². The number of carbonyl (C=O) groups is 3. The van der Waals surface area contributed by atoms with Gasteiger partial charge in [-0.05, 0) is 31.0 Å². The van der Waals surface area contributed by atoms with Crippen molar-refractivity contribution in [3.63, 3.8) is 0 Å². The molecule has 0 bridgehead atoms. The van der Waals surface area contributed by atoms with Gasteiger partial charge in [0, 0.05) is 31.9 Å². The molecule has 1 aromatic heterocycles. The van der Waals surface area contributed by atoms with E-state index in [4.69, 9.17) is 19.9 Å². The summed E-state index contributed by atoms with van der Waals surface area (Å²) in [5.41, 5.74) is 8.06. The van der Waals surface area contributed by atoms with Crippen molar-refractivity contribution >= 4 is 28.6 Å². The van der Waals surface area contributed by atoms with Gasteiger partial charge in [0.1, 0.15) is 12.4 Å². The van der Waals surface area contributed by atoms with Crippen molar-refractivity contribution in [3.8, 4) is 5.75 Å². The summed E-state index contributed by atoms with van der Waals surface area (Å²) in [5, 5.41) is 0.466. The van der Waals surface area contributed by atoms with Crippen LogP contribution in [0, 0.1) is 6.92 Å². The van der Waals surface area contributed by atoms with Crippen molar-refractivity contribution in [1.82, 2.24) is 9.47 Å². The van der Waals surface area contributed by atoms with E-state index in [1.807, 2.05) is 41.0 Å². The highest BCUT2D eigenvalue weighted by Crippen LogP contribution is 2.34. The number of Topliss-reactive ketones (excluding diaryl/α,β-unsaturated/α-hetero) is 1. The second kappa shape index (κ2) is 11.8. The molecule has 0 atom stereocenters. The number of esters is 1. The second-order valence-electron chi connectivity index (χ2n) is 8.65. The number of hydrogen-bond donors (Lipinski definition) is 1. The van der Waals surface area contributed by atoms with E-state index < -0.39 is 17.7 Å². The predicted molar refractivity (Wildman–Crippen MR) is 134 cm³/mol. The summed E-state index contributed by atoms with van der Waals surface area (Å²) < 4.78 is 18.4. The molecule has 1 saturated heterocycles. The zero-order valence-electron chi connectivity index (χ0n) is 20.4. The number of ether oxygens (including phenoxy) is 3. The number of hydrogen-bond acceptors (Lipinski definition) is 7. The summed E-state index contributed by atoms with van der Waals surface area (Å²) in [7, 11) is 0. The zero-order chi connectivity index (χ0) is 25.5. The molecule has 0 aliphatic carbocycles. The van der Waals surface area contributed by atoms with Gasteiger partial charge >= 0.3 is 5.97 Å². The van der Waals surface area contributed by atoms with Crippen LogP contribution in [-0.4, -0.2) is 73.2 Å². The Hall–Kier alpha value is -3.69. The van der Waals surface area contributed by atoms with E-state index in [-0.39, 0.29) is 18.8 Å². The van der Waals surface area contributed by atoms with Gasteiger partial charge in [-0.15, -0.1) is 0 Å². The van der Waals surface area contributed by atoms with Crippen LogP contribution in [-0.2, 0) is 32.0 Å². The van der Waals surface area contributed by atoms with E-state index in [0.29, 0.717) is 43.1 Å². The van der Waals surface area contributed by atoms with Crippen LogP contribution in [0.2, 0.25) is 0 Å². The highest BCUT2D eigenvalue weighted by molar-refractivity contribution is 6.45. The van der Waals surface area contributed by atoms with Gasteiger partial charge in [0.15, 0.2) is 6.61 Å². The number of primary amides is 1. The molecular formula is C27H31N3O6. The van der Waals surface area contributed by atoms with E-state index in [0.717, 1.165) is 30.6 Å². The number of ketones is 1. The molecule has 190 valence electrons. The van der Waals surface area contributed by atoms with Crippen molar-refractivity contribution in [2.75, 3.05) is 46.1 Å². The molecule has 2 N–H and O–H groups in total. The molecule has 36 heavy (non-hydrogen) atoms. The number of rotatable bonds is 11. The number of amides is 1. The van der Waals surface area contributed by atoms with Crippen molar-refractivity contribution < 1.29 is 28.6 Å². The van der Waals surface area contributed by atoms with Gasteiger partial charge in [0.25, 0.3) is 11.7 Å². The summed E-state index contributed by atoms with van der Waals surface area (Å²) in [6, 6.07) is 15.3. The Kier molecular flexibility index (Phi) is 8.35. The van der Waals surface area contributed by atoms with E-state index in [2.05, 4.69) is 4.90 Å². The third kappa shape index (κ3) is 5.92. The van der Waals surface area contributed by atoms with Crippen LogP contribution < -0.4 is 10.5 Å². The Morgan fingerprint density at radius 2 is 1.75 bits per heavy atom. The zero-order valence-corrected chi connectivity index (χ0v) is 20.4. The Balaban J connectivity index is 1.51. The fourth-order valence-electron chi connectivity index (χ4n) is 4.48. The molecule has 3 aromatic rings. The largest absolute Gasteiger partial charge is 0.481 e. The lowest BCUT2D eigenvalue weighted by molar-refractivity contribution is -0.146. The minimum absolute atomic E-state index is 0.196. The van der Waals surface area contributed by atoms with Crippen LogP contribution in [0.25, 0.3) is 10.9 Å². The van der Waals surface area contributed by atoms with Gasteiger partial charge in [-0.2, -0.15) is 0 Å². The molecule has 9 heteroatoms. The average Bonchev–Trinajstić information content (AvgIpc) is 3.18. The first-order chi connectivity index (χ1) is 17.5. The Labute approximate surface area is 209 Å². The number of aromatic nitrogens is 1. The lowest BCUT2D eigenvalue weighted by Gasteiger charge is -2.26. The molecule has 9 nitrogen and oxygen atoms in total. The Morgan fingerprint density at radius 3 is 2.47 bits per heavy atom. The van der Waals surface area contributed by atoms with Crippen LogP contribution in [0.1, 0.15) is 21.6 Å². The number of carbonyl (C=O) groups excluding carboxylic acids is 3. The van der Waals surface area contributed by atoms with Crippen LogP contribution >= 0.6 is 0 Å². The van der Waals surface area contributed by atoms with Gasteiger partial charge in [0.05, 0.1) is 29.7 Å². The highest BCUT2D eigenvalue weighted by atomic mass is 16.6. The fourth-order valence-corrected chi connectivity index (χ4v) is 4.48. The lowest BCUT2D eigenvalue weighted by Crippen LogP contribution is -2.38. The smallest absolute Gasteiger partial charge is 0.344 e. The molecule has 1 fully saturated rings. The maximum absolute atomic E-state index is 12.8. The maximum atomic E-state index is 12.8. The SMILES string of the molecule is Cc1c(C(=O)C(N)=O)c2c(OCC(=O)OCCN3CCOCC3)cccc2n1CCc1ccccc1. The molecule has 1 amide bonds. The first-order valence-corrected chi connectivity index (χ1v) is 12.0. The highest BCUT2D eigenvalue weighted by Gasteiger charge is 2.26. The molecule has 0 spiro atoms. The predicted octanol–water partition coefficient (Wildman–Crippen LogP) is 2.11. The van der Waals surface area contributed by atoms with E-state index in [1.54, 1.807) is 19.1 Å². The van der Waals surface area contributed by atoms with Gasteiger partial charge in [-0.1, -0.05) is 36.4 Å². The topological polar surface area (TPSA) is 113 Å². The molecular weight excluding hydrogens is 462 g/mol. The quantitative estimate of drug-likeness (QED) is 0.247. The van der Waals surface area contributed by atoms with E-state index >= 15 is 0 Å². The minimum Gasteiger partial charge on any atom is -0.481 e. The summed E-state index contributed by atoms with van der Waals surface area (Å²) in [5.74, 6) is -2.02. The van der Waals surface area contributed by atoms with Gasteiger partial charge in [-0.3, -0.25) is 14.5 Å². The van der Waals surface area contributed by atoms with Crippen molar-refractivity contribution in [2.45, 2.75) is 19.9 Å². The number of benzene rings is 2. The van der Waals surface area contributed by atoms with Crippen LogP contribution in [0.3, 0.4) is 0 Å². The first kappa shape index (κ1) is 25.4. The molecule has 1 aliphatic rings. The number of nitrogens with two attached hydrogens (primary N) is 1. The van der Waals surface area contributed by atoms with Crippen molar-refractivity contribution in [3.05, 3.63) is 65.4 Å². The van der Waals surface area contributed by atoms with Gasteiger partial charge < -0.3 is 24.5 Å². The molecule has 0 saturated carbocycles. The van der Waals surface area contributed by atoms with Crippen molar-refractivity contribution in [2.24, 2.45) is 5.73 Å². The lowest BCUT2D eigenvalue weighted by atomic mass is 10.1. The van der Waals surface area contributed by atoms with Crippen LogP contribution in [0.15, 0.2) is 48.5 Å². The number of fused-ring (bicyclic) bond motifs is 1. The molecule has 0 unspecified atom stereocenters. The maximum Gasteiger partial charge on any atom is 0.344 e. The molecule has 0 radical (unpaired) electrons. The van der Waals surface area contributed by atoms with Crippen LogP contribution in [0.5, 0.6) is 5.75 Å².